The number of nitrogens with two attached hydrogens (primary N) is 1. The van der Waals surface area contributed by atoms with Gasteiger partial charge >= 0.3 is 0 Å². The van der Waals surface area contributed by atoms with Gasteiger partial charge in [0, 0.05) is 25.0 Å². The molecule has 2 aromatic rings. The standard InChI is InChI=1S/C19H29N5O2/c1-13(2)18(20)19(26)21-12-17(25)22-15-6-5-14-7-8-24(16(14)11-15)10-9-23(3)4/h5-8,11,13,18H,9-10,12,20H2,1-4H3,(H,21,26)(H,22,25)/t18-/m0/s1. The quantitative estimate of drug-likeness (QED) is 0.661. The highest BCUT2D eigenvalue weighted by Crippen LogP contribution is 2.20. The van der Waals surface area contributed by atoms with Crippen LogP contribution in [-0.4, -0.2) is 54.5 Å². The lowest BCUT2D eigenvalue weighted by molar-refractivity contribution is -0.125. The molecule has 0 fully saturated rings. The van der Waals surface area contributed by atoms with Crippen LogP contribution in [0.3, 0.4) is 0 Å². The largest absolute Gasteiger partial charge is 0.346 e. The smallest absolute Gasteiger partial charge is 0.243 e. The van der Waals surface area contributed by atoms with E-state index in [0.29, 0.717) is 5.69 Å². The number of anilines is 1. The molecule has 0 saturated carbocycles. The maximum Gasteiger partial charge on any atom is 0.243 e. The molecule has 2 amide bonds. The van der Waals surface area contributed by atoms with Crippen molar-refractivity contribution in [2.45, 2.75) is 26.4 Å². The lowest BCUT2D eigenvalue weighted by Gasteiger charge is -2.15. The zero-order chi connectivity index (χ0) is 19.3. The van der Waals surface area contributed by atoms with E-state index in [0.717, 1.165) is 24.0 Å². The second kappa shape index (κ2) is 8.82. The number of hydrogen-bond acceptors (Lipinski definition) is 4. The summed E-state index contributed by atoms with van der Waals surface area (Å²) in [5, 5.41) is 6.52. The first kappa shape index (κ1) is 19.9. The lowest BCUT2D eigenvalue weighted by atomic mass is 10.1. The van der Waals surface area contributed by atoms with Gasteiger partial charge in [0.25, 0.3) is 0 Å². The fourth-order valence-corrected chi connectivity index (χ4v) is 2.56. The zero-order valence-electron chi connectivity index (χ0n) is 16.0. The Morgan fingerprint density at radius 1 is 1.23 bits per heavy atom. The first-order valence-electron chi connectivity index (χ1n) is 8.84. The summed E-state index contributed by atoms with van der Waals surface area (Å²) in [6, 6.07) is 7.23. The number of amides is 2. The molecule has 1 heterocycles. The molecule has 7 heteroatoms. The molecule has 0 aliphatic heterocycles. The SMILES string of the molecule is CC(C)[C@H](N)C(=O)NCC(=O)Nc1ccc2ccn(CCN(C)C)c2c1. The minimum Gasteiger partial charge on any atom is -0.346 e. The molecule has 0 aliphatic rings. The Morgan fingerprint density at radius 2 is 1.96 bits per heavy atom. The van der Waals surface area contributed by atoms with Crippen molar-refractivity contribution in [1.82, 2.24) is 14.8 Å². The molecule has 0 unspecified atom stereocenters. The Hall–Kier alpha value is -2.38. The highest BCUT2D eigenvalue weighted by atomic mass is 16.2. The van der Waals surface area contributed by atoms with Crippen LogP contribution in [-0.2, 0) is 16.1 Å². The van der Waals surface area contributed by atoms with Crippen molar-refractivity contribution in [3.8, 4) is 0 Å². The number of rotatable bonds is 8. The molecule has 0 spiro atoms. The molecule has 0 bridgehead atoms. The van der Waals surface area contributed by atoms with Crippen molar-refractivity contribution in [3.63, 3.8) is 0 Å². The van der Waals surface area contributed by atoms with Crippen LogP contribution in [0.1, 0.15) is 13.8 Å². The summed E-state index contributed by atoms with van der Waals surface area (Å²) in [6.07, 6.45) is 2.05. The third-order valence-corrected chi connectivity index (χ3v) is 4.29. The van der Waals surface area contributed by atoms with E-state index in [-0.39, 0.29) is 24.3 Å². The van der Waals surface area contributed by atoms with Crippen LogP contribution in [0.5, 0.6) is 0 Å². The fourth-order valence-electron chi connectivity index (χ4n) is 2.56. The topological polar surface area (TPSA) is 92.4 Å². The zero-order valence-corrected chi connectivity index (χ0v) is 16.0. The Bertz CT molecular complexity index is 766. The van der Waals surface area contributed by atoms with E-state index in [4.69, 9.17) is 5.73 Å². The Balaban J connectivity index is 1.98. The maximum absolute atomic E-state index is 12.1. The molecule has 1 aromatic heterocycles. The third-order valence-electron chi connectivity index (χ3n) is 4.29. The van der Waals surface area contributed by atoms with Gasteiger partial charge in [0.1, 0.15) is 0 Å². The minimum absolute atomic E-state index is 0.0235. The van der Waals surface area contributed by atoms with Crippen LogP contribution in [0, 0.1) is 5.92 Å². The van der Waals surface area contributed by atoms with Crippen molar-refractivity contribution >= 4 is 28.4 Å². The number of nitrogens with zero attached hydrogens (tertiary/aromatic N) is 2. The van der Waals surface area contributed by atoms with Gasteiger partial charge in [-0.1, -0.05) is 19.9 Å². The third kappa shape index (κ3) is 5.31. The number of likely N-dealkylation sites (N-methyl/N-ethyl adjacent to an activating group) is 1. The summed E-state index contributed by atoms with van der Waals surface area (Å²) in [4.78, 5) is 26.1. The molecule has 0 saturated heterocycles. The fraction of sp³-hybridized carbons (Fsp3) is 0.474. The number of fused-ring (bicyclic) bond motifs is 1. The molecular formula is C19H29N5O2. The van der Waals surface area contributed by atoms with Gasteiger partial charge in [-0.15, -0.1) is 0 Å². The molecule has 0 aliphatic carbocycles. The van der Waals surface area contributed by atoms with Gasteiger partial charge in [-0.3, -0.25) is 9.59 Å². The van der Waals surface area contributed by atoms with Crippen molar-refractivity contribution in [2.75, 3.05) is 32.5 Å². The van der Waals surface area contributed by atoms with Crippen LogP contribution in [0.25, 0.3) is 10.9 Å². The van der Waals surface area contributed by atoms with E-state index in [1.54, 1.807) is 0 Å². The summed E-state index contributed by atoms with van der Waals surface area (Å²) in [5.41, 5.74) is 7.53. The molecule has 0 radical (unpaired) electrons. The van der Waals surface area contributed by atoms with Gasteiger partial charge in [0.15, 0.2) is 0 Å². The highest BCUT2D eigenvalue weighted by Gasteiger charge is 2.17. The van der Waals surface area contributed by atoms with Gasteiger partial charge in [0.2, 0.25) is 11.8 Å². The van der Waals surface area contributed by atoms with Gasteiger partial charge < -0.3 is 25.8 Å². The number of aromatic nitrogens is 1. The van der Waals surface area contributed by atoms with Crippen LogP contribution in [0.4, 0.5) is 5.69 Å². The lowest BCUT2D eigenvalue weighted by Crippen LogP contribution is -2.46. The van der Waals surface area contributed by atoms with Crippen LogP contribution in [0.15, 0.2) is 30.5 Å². The van der Waals surface area contributed by atoms with Gasteiger partial charge in [-0.2, -0.15) is 0 Å². The van der Waals surface area contributed by atoms with E-state index in [1.165, 1.54) is 0 Å². The number of hydrogen-bond donors (Lipinski definition) is 3. The number of carbonyl (C=O) groups excluding carboxylic acids is 2. The predicted molar refractivity (Wildman–Crippen MR) is 105 cm³/mol. The van der Waals surface area contributed by atoms with Crippen LogP contribution in [0.2, 0.25) is 0 Å². The van der Waals surface area contributed by atoms with E-state index in [2.05, 4.69) is 26.2 Å². The Labute approximate surface area is 154 Å². The van der Waals surface area contributed by atoms with Crippen molar-refractivity contribution in [2.24, 2.45) is 11.7 Å². The Morgan fingerprint density at radius 3 is 2.62 bits per heavy atom. The second-order valence-corrected chi connectivity index (χ2v) is 7.12. The van der Waals surface area contributed by atoms with Crippen molar-refractivity contribution in [1.29, 1.82) is 0 Å². The molecule has 26 heavy (non-hydrogen) atoms. The molecular weight excluding hydrogens is 330 g/mol. The second-order valence-electron chi connectivity index (χ2n) is 7.12. The number of carbonyl (C=O) groups is 2. The van der Waals surface area contributed by atoms with E-state index in [9.17, 15) is 9.59 Å². The molecule has 4 N–H and O–H groups in total. The van der Waals surface area contributed by atoms with E-state index in [1.807, 2.05) is 52.3 Å². The van der Waals surface area contributed by atoms with Gasteiger partial charge in [0.05, 0.1) is 18.1 Å². The summed E-state index contributed by atoms with van der Waals surface area (Å²) in [7, 11) is 4.08. The average molecular weight is 359 g/mol. The summed E-state index contributed by atoms with van der Waals surface area (Å²) < 4.78 is 2.16. The summed E-state index contributed by atoms with van der Waals surface area (Å²) >= 11 is 0. The molecule has 142 valence electrons. The van der Waals surface area contributed by atoms with Crippen molar-refractivity contribution in [3.05, 3.63) is 30.5 Å². The normalized spacial score (nSPS) is 12.6. The number of nitrogens with one attached hydrogen (secondary N) is 2. The van der Waals surface area contributed by atoms with Gasteiger partial charge in [-0.05, 0) is 43.6 Å². The average Bonchev–Trinajstić information content (AvgIpc) is 2.99. The summed E-state index contributed by atoms with van der Waals surface area (Å²) in [5.74, 6) is -0.571. The van der Waals surface area contributed by atoms with E-state index >= 15 is 0 Å². The van der Waals surface area contributed by atoms with Crippen LogP contribution < -0.4 is 16.4 Å². The molecule has 1 atom stereocenters. The maximum atomic E-state index is 12.1. The van der Waals surface area contributed by atoms with Crippen LogP contribution >= 0.6 is 0 Å². The Kier molecular flexibility index (Phi) is 6.76. The first-order valence-corrected chi connectivity index (χ1v) is 8.84. The summed E-state index contributed by atoms with van der Waals surface area (Å²) in [6.45, 7) is 5.44. The first-order chi connectivity index (χ1) is 12.3. The van der Waals surface area contributed by atoms with Crippen molar-refractivity contribution < 1.29 is 9.59 Å². The van der Waals surface area contributed by atoms with E-state index < -0.39 is 6.04 Å². The highest BCUT2D eigenvalue weighted by molar-refractivity contribution is 5.97. The van der Waals surface area contributed by atoms with Gasteiger partial charge in [-0.25, -0.2) is 0 Å². The number of benzene rings is 1. The molecule has 2 rings (SSSR count). The molecule has 1 aromatic carbocycles. The molecule has 7 nitrogen and oxygen atoms in total. The monoisotopic (exact) mass is 359 g/mol. The predicted octanol–water partition coefficient (Wildman–Crippen LogP) is 1.24. The minimum atomic E-state index is -0.612.